The lowest BCUT2D eigenvalue weighted by Crippen LogP contribution is -2.51. The number of piperidine rings is 1. The fourth-order valence-electron chi connectivity index (χ4n) is 3.66. The molecule has 0 aliphatic carbocycles. The molecule has 0 atom stereocenters. The van der Waals surface area contributed by atoms with Crippen molar-refractivity contribution in [2.24, 2.45) is 0 Å². The number of anilines is 1. The van der Waals surface area contributed by atoms with Crippen molar-refractivity contribution in [2.45, 2.75) is 18.4 Å². The number of nitrogens with two attached hydrogens (primary N) is 1. The summed E-state index contributed by atoms with van der Waals surface area (Å²) in [5.74, 6) is 2.00. The van der Waals surface area contributed by atoms with Gasteiger partial charge in [0.1, 0.15) is 17.5 Å². The summed E-state index contributed by atoms with van der Waals surface area (Å²) in [6, 6.07) is 9.95. The van der Waals surface area contributed by atoms with E-state index in [4.69, 9.17) is 16.1 Å². The Balaban J connectivity index is 1.56. The molecular formula is C18H23N7. The molecule has 7 nitrogen and oxygen atoms in total. The molecule has 0 unspecified atom stereocenters. The smallest absolute Gasteiger partial charge is 0.131 e. The number of aromatic nitrogens is 3. The molecule has 25 heavy (non-hydrogen) atoms. The van der Waals surface area contributed by atoms with Gasteiger partial charge >= 0.3 is 0 Å². The molecule has 1 saturated heterocycles. The number of aromatic amines is 2. The maximum Gasteiger partial charge on any atom is 0.131 e. The lowest BCUT2D eigenvalue weighted by Gasteiger charge is -2.41. The van der Waals surface area contributed by atoms with Gasteiger partial charge < -0.3 is 25.9 Å². The van der Waals surface area contributed by atoms with Crippen molar-refractivity contribution >= 4 is 22.7 Å². The predicted octanol–water partition coefficient (Wildman–Crippen LogP) is 2.01. The van der Waals surface area contributed by atoms with Gasteiger partial charge in [-0.05, 0) is 38.1 Å². The monoisotopic (exact) mass is 337 g/mol. The van der Waals surface area contributed by atoms with Crippen LogP contribution in [0.15, 0.2) is 36.5 Å². The first-order valence-corrected chi connectivity index (χ1v) is 8.54. The van der Waals surface area contributed by atoms with Gasteiger partial charge in [0.25, 0.3) is 0 Å². The highest BCUT2D eigenvalue weighted by Gasteiger charge is 2.38. The van der Waals surface area contributed by atoms with Gasteiger partial charge in [0.05, 0.1) is 22.1 Å². The molecule has 1 fully saturated rings. The van der Waals surface area contributed by atoms with Crippen LogP contribution in [0.2, 0.25) is 0 Å². The average Bonchev–Trinajstić information content (AvgIpc) is 3.27. The Labute approximate surface area is 146 Å². The van der Waals surface area contributed by atoms with Gasteiger partial charge in [-0.15, -0.1) is 0 Å². The number of likely N-dealkylation sites (tertiary alicyclic amines) is 1. The zero-order chi connectivity index (χ0) is 17.4. The van der Waals surface area contributed by atoms with Crippen LogP contribution in [0.1, 0.15) is 24.2 Å². The van der Waals surface area contributed by atoms with Crippen LogP contribution < -0.4 is 11.1 Å². The molecule has 3 aromatic rings. The summed E-state index contributed by atoms with van der Waals surface area (Å²) in [6.45, 7) is 1.56. The lowest BCUT2D eigenvalue weighted by molar-refractivity contribution is 0.187. The molecule has 1 aliphatic heterocycles. The van der Waals surface area contributed by atoms with Crippen molar-refractivity contribution in [1.82, 2.24) is 25.2 Å². The first-order chi connectivity index (χ1) is 12.1. The number of H-pyrrole nitrogens is 2. The number of nitrogens with zero attached hydrogens (tertiary/aromatic N) is 2. The molecule has 4 rings (SSSR count). The molecule has 6 N–H and O–H groups in total. The van der Waals surface area contributed by atoms with Crippen LogP contribution in [-0.2, 0) is 5.54 Å². The second-order valence-corrected chi connectivity index (χ2v) is 6.58. The minimum Gasteiger partial charge on any atom is -0.385 e. The largest absolute Gasteiger partial charge is 0.385 e. The van der Waals surface area contributed by atoms with E-state index in [1.807, 2.05) is 31.3 Å². The van der Waals surface area contributed by atoms with Crippen molar-refractivity contribution in [3.63, 3.8) is 0 Å². The van der Waals surface area contributed by atoms with Crippen molar-refractivity contribution in [3.8, 4) is 0 Å². The maximum absolute atomic E-state index is 8.44. The van der Waals surface area contributed by atoms with E-state index < -0.39 is 0 Å². The minimum absolute atomic E-state index is 0.195. The number of amidine groups is 1. The third-order valence-electron chi connectivity index (χ3n) is 5.29. The number of benzene rings is 1. The fourth-order valence-corrected chi connectivity index (χ4v) is 3.66. The number of hydrogen-bond acceptors (Lipinski definition) is 4. The highest BCUT2D eigenvalue weighted by molar-refractivity contribution is 6.00. The average molecular weight is 337 g/mol. The Kier molecular flexibility index (Phi) is 3.73. The van der Waals surface area contributed by atoms with Gasteiger partial charge in [-0.3, -0.25) is 5.41 Å². The Bertz CT molecular complexity index is 866. The summed E-state index contributed by atoms with van der Waals surface area (Å²) in [6.07, 6.45) is 3.52. The Morgan fingerprint density at radius 1 is 1.28 bits per heavy atom. The summed E-state index contributed by atoms with van der Waals surface area (Å²) >= 11 is 0. The first-order valence-electron chi connectivity index (χ1n) is 8.54. The molecule has 1 aromatic carbocycles. The highest BCUT2D eigenvalue weighted by atomic mass is 15.2. The van der Waals surface area contributed by atoms with Crippen LogP contribution in [-0.4, -0.2) is 45.8 Å². The number of nitrogen functional groups attached to an aromatic ring is 1. The van der Waals surface area contributed by atoms with Crippen LogP contribution in [0.25, 0.3) is 11.0 Å². The molecule has 3 heterocycles. The number of imidazole rings is 1. The first kappa shape index (κ1) is 15.7. The lowest BCUT2D eigenvalue weighted by atomic mass is 9.86. The molecule has 0 saturated carbocycles. The second-order valence-electron chi connectivity index (χ2n) is 6.58. The molecule has 0 radical (unpaired) electrons. The van der Waals surface area contributed by atoms with E-state index in [9.17, 15) is 0 Å². The fraction of sp³-hybridized carbons (Fsp3) is 0.333. The molecule has 0 bridgehead atoms. The summed E-state index contributed by atoms with van der Waals surface area (Å²) < 4.78 is 0. The molecule has 0 spiro atoms. The van der Waals surface area contributed by atoms with Gasteiger partial charge in [0.15, 0.2) is 0 Å². The highest BCUT2D eigenvalue weighted by Crippen LogP contribution is 2.32. The summed E-state index contributed by atoms with van der Waals surface area (Å²) in [5, 5.41) is 11.9. The predicted molar refractivity (Wildman–Crippen MR) is 99.7 cm³/mol. The van der Waals surface area contributed by atoms with E-state index in [-0.39, 0.29) is 5.54 Å². The van der Waals surface area contributed by atoms with Gasteiger partial charge in [-0.1, -0.05) is 12.1 Å². The van der Waals surface area contributed by atoms with Crippen LogP contribution >= 0.6 is 0 Å². The topological polar surface area (TPSA) is 110 Å². The molecule has 2 aromatic heterocycles. The third-order valence-corrected chi connectivity index (χ3v) is 5.29. The van der Waals surface area contributed by atoms with Crippen molar-refractivity contribution in [3.05, 3.63) is 47.9 Å². The number of fused-ring (bicyclic) bond motifs is 1. The van der Waals surface area contributed by atoms with Gasteiger partial charge in [-0.2, -0.15) is 0 Å². The zero-order valence-electron chi connectivity index (χ0n) is 14.3. The van der Waals surface area contributed by atoms with Crippen LogP contribution in [0.3, 0.4) is 0 Å². The number of nitrogens with one attached hydrogen (secondary N) is 4. The van der Waals surface area contributed by atoms with E-state index in [1.165, 1.54) is 0 Å². The van der Waals surface area contributed by atoms with E-state index in [0.29, 0.717) is 11.7 Å². The SMILES string of the molecule is CNC1(c2nc3ccccc3[nH]2)CCN(C(=N)c2cc[nH]c2N)CC1. The zero-order valence-corrected chi connectivity index (χ0v) is 14.3. The van der Waals surface area contributed by atoms with Crippen molar-refractivity contribution < 1.29 is 0 Å². The number of para-hydroxylation sites is 2. The van der Waals surface area contributed by atoms with Crippen LogP contribution in [0.5, 0.6) is 0 Å². The Morgan fingerprint density at radius 2 is 2.04 bits per heavy atom. The third kappa shape index (κ3) is 2.56. The number of rotatable bonds is 3. The molecule has 0 amide bonds. The van der Waals surface area contributed by atoms with Crippen LogP contribution in [0, 0.1) is 5.41 Å². The maximum atomic E-state index is 8.44. The van der Waals surface area contributed by atoms with Gasteiger partial charge in [0, 0.05) is 19.3 Å². The molecule has 1 aliphatic rings. The molecule has 130 valence electrons. The van der Waals surface area contributed by atoms with E-state index >= 15 is 0 Å². The normalized spacial score (nSPS) is 17.1. The second kappa shape index (κ2) is 5.93. The van der Waals surface area contributed by atoms with Crippen molar-refractivity contribution in [2.75, 3.05) is 25.9 Å². The quantitative estimate of drug-likeness (QED) is 0.372. The van der Waals surface area contributed by atoms with E-state index in [2.05, 4.69) is 26.3 Å². The van der Waals surface area contributed by atoms with Crippen molar-refractivity contribution in [1.29, 1.82) is 5.41 Å². The van der Waals surface area contributed by atoms with Gasteiger partial charge in [0.2, 0.25) is 0 Å². The summed E-state index contributed by atoms with van der Waals surface area (Å²) in [5.41, 5.74) is 8.53. The molecule has 7 heteroatoms. The Morgan fingerprint density at radius 3 is 2.68 bits per heavy atom. The number of hydrogen-bond donors (Lipinski definition) is 5. The summed E-state index contributed by atoms with van der Waals surface area (Å²) in [4.78, 5) is 13.3. The molecular weight excluding hydrogens is 314 g/mol. The summed E-state index contributed by atoms with van der Waals surface area (Å²) in [7, 11) is 1.98. The minimum atomic E-state index is -0.195. The van der Waals surface area contributed by atoms with Crippen LogP contribution in [0.4, 0.5) is 5.82 Å². The van der Waals surface area contributed by atoms with E-state index in [1.54, 1.807) is 6.20 Å². The van der Waals surface area contributed by atoms with Gasteiger partial charge in [-0.25, -0.2) is 4.98 Å². The standard InChI is InChI=1S/C18H23N7/c1-21-18(17-23-13-4-2-3-5-14(13)24-17)7-10-25(11-8-18)16(20)12-6-9-22-15(12)19/h2-6,9,20-22H,7-8,10-11,19H2,1H3,(H,23,24). The Hall–Kier alpha value is -2.80. The van der Waals surface area contributed by atoms with E-state index in [0.717, 1.165) is 48.4 Å².